The van der Waals surface area contributed by atoms with Crippen molar-refractivity contribution >= 4 is 20.7 Å². The van der Waals surface area contributed by atoms with Crippen LogP contribution in [-0.2, 0) is 10.1 Å². The summed E-state index contributed by atoms with van der Waals surface area (Å²) in [6.45, 7) is 0. The molecule has 1 aliphatic rings. The van der Waals surface area contributed by atoms with Crippen molar-refractivity contribution in [2.45, 2.75) is 6.10 Å². The molecule has 0 bridgehead atoms. The smallest absolute Gasteiger partial charge is 0.331 e. The molecule has 17 heavy (non-hydrogen) atoms. The van der Waals surface area contributed by atoms with Gasteiger partial charge in [0, 0.05) is 5.56 Å². The summed E-state index contributed by atoms with van der Waals surface area (Å²) in [5, 5.41) is 9.61. The Kier molecular flexibility index (Phi) is 2.68. The Bertz CT molecular complexity index is 657. The lowest BCUT2D eigenvalue weighted by atomic mass is 9.93. The monoisotopic (exact) mass is 252 g/mol. The van der Waals surface area contributed by atoms with Gasteiger partial charge in [-0.1, -0.05) is 18.2 Å². The molecule has 7 heteroatoms. The lowest BCUT2D eigenvalue weighted by Crippen LogP contribution is -2.27. The minimum Gasteiger partial charge on any atom is -0.377 e. The summed E-state index contributed by atoms with van der Waals surface area (Å²) in [6, 6.07) is 6.12. The predicted octanol–water partition coefficient (Wildman–Crippen LogP) is 0.309. The van der Waals surface area contributed by atoms with Crippen molar-refractivity contribution in [2.24, 2.45) is 0 Å². The quantitative estimate of drug-likeness (QED) is 0.425. The van der Waals surface area contributed by atoms with Gasteiger partial charge in [-0.3, -0.25) is 4.55 Å². The van der Waals surface area contributed by atoms with Crippen molar-refractivity contribution in [1.82, 2.24) is 0 Å². The highest BCUT2D eigenvalue weighted by Crippen LogP contribution is 2.29. The van der Waals surface area contributed by atoms with Crippen LogP contribution in [0.5, 0.6) is 0 Å². The zero-order valence-electron chi connectivity index (χ0n) is 8.48. The van der Waals surface area contributed by atoms with E-state index in [1.165, 1.54) is 12.1 Å². The van der Waals surface area contributed by atoms with Crippen molar-refractivity contribution in [1.29, 1.82) is 0 Å². The maximum atomic E-state index is 11.2. The Hall–Kier alpha value is -1.79. The van der Waals surface area contributed by atoms with Gasteiger partial charge in [-0.15, -0.1) is 0 Å². The first kappa shape index (κ1) is 11.7. The Morgan fingerprint density at radius 2 is 1.82 bits per heavy atom. The van der Waals surface area contributed by atoms with Crippen LogP contribution in [0.25, 0.3) is 10.4 Å². The molecule has 0 fully saturated rings. The molecule has 0 aromatic heterocycles. The van der Waals surface area contributed by atoms with Gasteiger partial charge in [0.15, 0.2) is 6.10 Å². The molecular formula is C10H8N2O4S. The van der Waals surface area contributed by atoms with Gasteiger partial charge in [0.25, 0.3) is 10.1 Å². The van der Waals surface area contributed by atoms with Gasteiger partial charge >= 0.3 is 5.71 Å². The third kappa shape index (κ3) is 1.92. The first-order valence-electron chi connectivity index (χ1n) is 4.64. The second kappa shape index (κ2) is 3.90. The summed E-state index contributed by atoms with van der Waals surface area (Å²) >= 11 is 0. The first-order chi connectivity index (χ1) is 7.95. The van der Waals surface area contributed by atoms with Crippen molar-refractivity contribution < 1.29 is 22.9 Å². The molecular weight excluding hydrogens is 244 g/mol. The summed E-state index contributed by atoms with van der Waals surface area (Å²) in [5.41, 5.74) is 9.17. The number of rotatable bonds is 1. The van der Waals surface area contributed by atoms with Gasteiger partial charge in [-0.25, -0.2) is 0 Å². The zero-order chi connectivity index (χ0) is 12.6. The molecule has 0 heterocycles. The number of aliphatic hydroxyl groups is 1. The molecule has 0 saturated carbocycles. The highest BCUT2D eigenvalue weighted by molar-refractivity contribution is 7.95. The fourth-order valence-corrected chi connectivity index (χ4v) is 2.49. The van der Waals surface area contributed by atoms with Gasteiger partial charge in [0.2, 0.25) is 0 Å². The van der Waals surface area contributed by atoms with Crippen LogP contribution in [0.2, 0.25) is 0 Å². The SMILES string of the molecule is [N-]=[N+]=C1c2ccccc2C(S(=O)(=O)O)=CC1O. The summed E-state index contributed by atoms with van der Waals surface area (Å²) in [5.74, 6) is 0. The van der Waals surface area contributed by atoms with Gasteiger partial charge in [0.05, 0.1) is 5.56 Å². The highest BCUT2D eigenvalue weighted by atomic mass is 32.2. The molecule has 1 aromatic carbocycles. The van der Waals surface area contributed by atoms with Crippen molar-refractivity contribution in [3.05, 3.63) is 47.0 Å². The average molecular weight is 252 g/mol. The van der Waals surface area contributed by atoms with Gasteiger partial charge in [-0.05, 0) is 12.1 Å². The Balaban J connectivity index is 2.80. The summed E-state index contributed by atoms with van der Waals surface area (Å²) < 4.78 is 31.4. The fourth-order valence-electron chi connectivity index (χ4n) is 1.73. The number of benzene rings is 1. The van der Waals surface area contributed by atoms with E-state index in [2.05, 4.69) is 4.79 Å². The highest BCUT2D eigenvalue weighted by Gasteiger charge is 2.34. The van der Waals surface area contributed by atoms with E-state index in [1.807, 2.05) is 0 Å². The van der Waals surface area contributed by atoms with E-state index in [9.17, 15) is 13.5 Å². The Morgan fingerprint density at radius 1 is 1.24 bits per heavy atom. The summed E-state index contributed by atoms with van der Waals surface area (Å²) in [4.78, 5) is 2.54. The molecule has 2 rings (SSSR count). The molecule has 6 nitrogen and oxygen atoms in total. The van der Waals surface area contributed by atoms with E-state index in [4.69, 9.17) is 10.1 Å². The minimum atomic E-state index is -4.44. The molecule has 1 unspecified atom stereocenters. The maximum Gasteiger partial charge on any atom is 0.331 e. The number of hydrogen-bond acceptors (Lipinski definition) is 3. The largest absolute Gasteiger partial charge is 0.377 e. The van der Waals surface area contributed by atoms with Crippen LogP contribution >= 0.6 is 0 Å². The standard InChI is InChI=1S/C10H8N2O4S/c11-12-10-7-4-2-1-3-6(7)9(5-8(10)13)17(14,15)16/h1-5,8,13H,(H,14,15,16). The van der Waals surface area contributed by atoms with Gasteiger partial charge in [0.1, 0.15) is 4.91 Å². The van der Waals surface area contributed by atoms with Crippen LogP contribution in [-0.4, -0.2) is 34.7 Å². The second-order valence-corrected chi connectivity index (χ2v) is 4.87. The maximum absolute atomic E-state index is 11.2. The fraction of sp³-hybridized carbons (Fsp3) is 0.100. The molecule has 0 amide bonds. The normalized spacial score (nSPS) is 19.3. The van der Waals surface area contributed by atoms with Gasteiger partial charge < -0.3 is 10.6 Å². The average Bonchev–Trinajstić information content (AvgIpc) is 2.27. The van der Waals surface area contributed by atoms with E-state index in [1.54, 1.807) is 12.1 Å². The zero-order valence-corrected chi connectivity index (χ0v) is 9.29. The summed E-state index contributed by atoms with van der Waals surface area (Å²) in [7, 11) is -4.44. The predicted molar refractivity (Wildman–Crippen MR) is 59.7 cm³/mol. The lowest BCUT2D eigenvalue weighted by molar-refractivity contribution is -0.0158. The van der Waals surface area contributed by atoms with Crippen molar-refractivity contribution in [2.75, 3.05) is 0 Å². The minimum absolute atomic E-state index is 0.0620. The number of fused-ring (bicyclic) bond motifs is 1. The molecule has 0 spiro atoms. The molecule has 0 radical (unpaired) electrons. The van der Waals surface area contributed by atoms with Crippen molar-refractivity contribution in [3.63, 3.8) is 0 Å². The third-order valence-electron chi connectivity index (χ3n) is 2.44. The molecule has 0 saturated heterocycles. The number of nitrogens with zero attached hydrogens (tertiary/aromatic N) is 2. The van der Waals surface area contributed by atoms with Crippen LogP contribution in [0.1, 0.15) is 11.1 Å². The first-order valence-corrected chi connectivity index (χ1v) is 6.08. The van der Waals surface area contributed by atoms with E-state index >= 15 is 0 Å². The molecule has 1 aliphatic carbocycles. The molecule has 0 aliphatic heterocycles. The number of hydrogen-bond donors (Lipinski definition) is 2. The third-order valence-corrected chi connectivity index (χ3v) is 3.36. The summed E-state index contributed by atoms with van der Waals surface area (Å²) in [6.07, 6.45) is -0.459. The molecule has 1 atom stereocenters. The van der Waals surface area contributed by atoms with Crippen LogP contribution in [0.15, 0.2) is 30.3 Å². The van der Waals surface area contributed by atoms with Crippen LogP contribution in [0.4, 0.5) is 0 Å². The van der Waals surface area contributed by atoms with Crippen LogP contribution in [0, 0.1) is 0 Å². The lowest BCUT2D eigenvalue weighted by Gasteiger charge is -2.15. The van der Waals surface area contributed by atoms with Crippen LogP contribution < -0.4 is 0 Å². The van der Waals surface area contributed by atoms with E-state index in [0.717, 1.165) is 6.08 Å². The van der Waals surface area contributed by atoms with Crippen molar-refractivity contribution in [3.8, 4) is 0 Å². The molecule has 2 N–H and O–H groups in total. The van der Waals surface area contributed by atoms with E-state index in [-0.39, 0.29) is 16.8 Å². The van der Waals surface area contributed by atoms with E-state index in [0.29, 0.717) is 0 Å². The Labute approximate surface area is 97.2 Å². The number of aliphatic hydroxyl groups excluding tert-OH is 1. The second-order valence-electron chi connectivity index (χ2n) is 3.48. The van der Waals surface area contributed by atoms with Crippen LogP contribution in [0.3, 0.4) is 0 Å². The van der Waals surface area contributed by atoms with Gasteiger partial charge in [-0.2, -0.15) is 13.2 Å². The molecule has 88 valence electrons. The van der Waals surface area contributed by atoms with E-state index < -0.39 is 21.1 Å². The molecule has 1 aromatic rings. The Morgan fingerprint density at radius 3 is 2.35 bits per heavy atom. The topological polar surface area (TPSA) is 111 Å².